The number of aromatic nitrogens is 2. The van der Waals surface area contributed by atoms with Crippen molar-refractivity contribution in [3.63, 3.8) is 0 Å². The van der Waals surface area contributed by atoms with Gasteiger partial charge in [0.1, 0.15) is 12.0 Å². The molecule has 1 aliphatic carbocycles. The Bertz CT molecular complexity index is 2340. The molecular formula is C42H47ClN8O4S2. The number of sulfonamides is 1. The number of nitro groups is 1. The summed E-state index contributed by atoms with van der Waals surface area (Å²) in [4.78, 5) is 28.2. The Morgan fingerprint density at radius 2 is 1.72 bits per heavy atom. The third-order valence-corrected chi connectivity index (χ3v) is 13.2. The maximum Gasteiger partial charge on any atom is 0.293 e. The second-order valence-corrected chi connectivity index (χ2v) is 17.9. The molecule has 2 aliphatic rings. The van der Waals surface area contributed by atoms with Crippen molar-refractivity contribution >= 4 is 72.7 Å². The maximum absolute atomic E-state index is 13.7. The van der Waals surface area contributed by atoms with E-state index < -0.39 is 14.9 Å². The number of piperazine rings is 1. The summed E-state index contributed by atoms with van der Waals surface area (Å²) >= 11 is 7.80. The van der Waals surface area contributed by atoms with Crippen molar-refractivity contribution in [2.24, 2.45) is 0 Å². The minimum absolute atomic E-state index is 0.101. The molecule has 2 heterocycles. The highest BCUT2D eigenvalue weighted by Gasteiger charge is 2.26. The second-order valence-electron chi connectivity index (χ2n) is 14.7. The quantitative estimate of drug-likeness (QED) is 0.0565. The number of thioether (sulfide) groups is 1. The van der Waals surface area contributed by atoms with Crippen LogP contribution in [0.4, 0.5) is 22.9 Å². The molecule has 1 aliphatic heterocycles. The van der Waals surface area contributed by atoms with Gasteiger partial charge < -0.3 is 15.1 Å². The molecule has 12 nitrogen and oxygen atoms in total. The number of allylic oxidation sites excluding steroid dienone is 1. The standard InChI is InChI=1S/C42H47ClN8O4S2/c1-48(2)20-19-33(28-56-35-8-4-3-5-9-35)46-39-18-16-36(26-41(39)51(52)53)57(54,55)47-42-38-17-15-34(25-40(38)44-29-45-42)50-23-21-49(22-24-50)27-31-7-6-10-37(31)30-11-13-32(43)14-12-30/h3-5,8-9,11-18,25-26,29,33,46H,6-7,10,19-24,27-28H2,1-2H3,(H,44,45,47). The number of nitro benzene ring substituents is 1. The fourth-order valence-electron chi connectivity index (χ4n) is 7.42. The van der Waals surface area contributed by atoms with Gasteiger partial charge in [0.25, 0.3) is 15.7 Å². The summed E-state index contributed by atoms with van der Waals surface area (Å²) < 4.78 is 30.0. The first-order chi connectivity index (χ1) is 27.5. The van der Waals surface area contributed by atoms with E-state index in [1.165, 1.54) is 41.6 Å². The molecule has 4 aromatic carbocycles. The van der Waals surface area contributed by atoms with Crippen LogP contribution in [-0.2, 0) is 10.0 Å². The first-order valence-electron chi connectivity index (χ1n) is 19.1. The van der Waals surface area contributed by atoms with Crippen LogP contribution in [0, 0.1) is 10.1 Å². The summed E-state index contributed by atoms with van der Waals surface area (Å²) in [7, 11) is -0.295. The molecule has 57 heavy (non-hydrogen) atoms. The summed E-state index contributed by atoms with van der Waals surface area (Å²) in [5, 5.41) is 16.9. The van der Waals surface area contributed by atoms with E-state index >= 15 is 0 Å². The molecule has 2 N–H and O–H groups in total. The molecule has 1 aromatic heterocycles. The number of nitrogens with one attached hydrogen (secondary N) is 2. The van der Waals surface area contributed by atoms with Gasteiger partial charge in [-0.1, -0.05) is 47.5 Å². The summed E-state index contributed by atoms with van der Waals surface area (Å²) in [6.45, 7) is 5.29. The van der Waals surface area contributed by atoms with Crippen molar-refractivity contribution in [2.45, 2.75) is 41.5 Å². The number of rotatable bonds is 16. The number of fused-ring (bicyclic) bond motifs is 1. The van der Waals surface area contributed by atoms with Crippen molar-refractivity contribution in [3.05, 3.63) is 124 Å². The van der Waals surface area contributed by atoms with Crippen LogP contribution in [0.1, 0.15) is 31.2 Å². The fraction of sp³-hybridized carbons (Fsp3) is 0.333. The van der Waals surface area contributed by atoms with E-state index in [0.29, 0.717) is 16.7 Å². The zero-order valence-electron chi connectivity index (χ0n) is 32.1. The van der Waals surface area contributed by atoms with E-state index in [1.54, 1.807) is 11.8 Å². The maximum atomic E-state index is 13.7. The van der Waals surface area contributed by atoms with Crippen LogP contribution >= 0.6 is 23.4 Å². The second kappa shape index (κ2) is 18.2. The third-order valence-electron chi connectivity index (χ3n) is 10.5. The van der Waals surface area contributed by atoms with E-state index in [9.17, 15) is 18.5 Å². The van der Waals surface area contributed by atoms with Gasteiger partial charge in [0, 0.05) is 71.6 Å². The summed E-state index contributed by atoms with van der Waals surface area (Å²) in [6.07, 6.45) is 5.47. The highest BCUT2D eigenvalue weighted by molar-refractivity contribution is 7.99. The van der Waals surface area contributed by atoms with Crippen molar-refractivity contribution < 1.29 is 13.3 Å². The van der Waals surface area contributed by atoms with Crippen LogP contribution in [0.2, 0.25) is 5.02 Å². The van der Waals surface area contributed by atoms with E-state index in [0.717, 1.165) is 80.2 Å². The first-order valence-corrected chi connectivity index (χ1v) is 22.0. The molecule has 0 amide bonds. The lowest BCUT2D eigenvalue weighted by atomic mass is 10.0. The van der Waals surface area contributed by atoms with Crippen molar-refractivity contribution in [1.29, 1.82) is 0 Å². The van der Waals surface area contributed by atoms with Crippen LogP contribution in [0.3, 0.4) is 0 Å². The third kappa shape index (κ3) is 10.2. The Kier molecular flexibility index (Phi) is 13.0. The smallest absolute Gasteiger partial charge is 0.293 e. The molecule has 0 radical (unpaired) electrons. The van der Waals surface area contributed by atoms with Gasteiger partial charge >= 0.3 is 0 Å². The SMILES string of the molecule is CN(C)CCC(CSc1ccccc1)Nc1ccc(S(=O)(=O)Nc2ncnc3cc(N4CCN(CC5=C(c6ccc(Cl)cc6)CCC5)CC4)ccc23)cc1[N+](=O)[O-]. The highest BCUT2D eigenvalue weighted by atomic mass is 35.5. The normalized spacial score (nSPS) is 15.7. The van der Waals surface area contributed by atoms with Crippen LogP contribution in [0.15, 0.2) is 113 Å². The van der Waals surface area contributed by atoms with Gasteiger partial charge in [-0.3, -0.25) is 19.7 Å². The van der Waals surface area contributed by atoms with Gasteiger partial charge in [0.05, 0.1) is 15.3 Å². The number of benzene rings is 4. The lowest BCUT2D eigenvalue weighted by molar-refractivity contribution is -0.384. The molecule has 1 saturated heterocycles. The number of hydrogen-bond acceptors (Lipinski definition) is 11. The zero-order valence-corrected chi connectivity index (χ0v) is 34.5. The largest absolute Gasteiger partial charge is 0.376 e. The van der Waals surface area contributed by atoms with Gasteiger partial charge in [-0.15, -0.1) is 11.8 Å². The molecular weight excluding hydrogens is 780 g/mol. The summed E-state index contributed by atoms with van der Waals surface area (Å²) in [5.41, 5.74) is 5.77. The minimum atomic E-state index is -4.25. The summed E-state index contributed by atoms with van der Waals surface area (Å²) in [6, 6.07) is 27.7. The lowest BCUT2D eigenvalue weighted by Gasteiger charge is -2.36. The molecule has 298 valence electrons. The van der Waals surface area contributed by atoms with Gasteiger partial charge in [0.15, 0.2) is 5.82 Å². The predicted octanol–water partition coefficient (Wildman–Crippen LogP) is 8.28. The molecule has 1 atom stereocenters. The lowest BCUT2D eigenvalue weighted by Crippen LogP contribution is -2.46. The van der Waals surface area contributed by atoms with Crippen LogP contribution < -0.4 is 14.9 Å². The topological polar surface area (TPSA) is 137 Å². The van der Waals surface area contributed by atoms with Gasteiger partial charge in [-0.05, 0) is 112 Å². The van der Waals surface area contributed by atoms with E-state index in [-0.39, 0.29) is 28.1 Å². The van der Waals surface area contributed by atoms with E-state index in [4.69, 9.17) is 11.6 Å². The molecule has 5 aromatic rings. The van der Waals surface area contributed by atoms with Crippen LogP contribution in [0.25, 0.3) is 16.5 Å². The Labute approximate surface area is 343 Å². The Balaban J connectivity index is 1.02. The van der Waals surface area contributed by atoms with Crippen molar-refractivity contribution in [3.8, 4) is 0 Å². The van der Waals surface area contributed by atoms with Gasteiger partial charge in [-0.25, -0.2) is 18.4 Å². The average molecular weight is 827 g/mol. The zero-order chi connectivity index (χ0) is 39.9. The Hall–Kier alpha value is -4.73. The van der Waals surface area contributed by atoms with Crippen LogP contribution in [-0.4, -0.2) is 98.3 Å². The number of halogens is 1. The molecule has 0 saturated carbocycles. The van der Waals surface area contributed by atoms with Gasteiger partial charge in [0.2, 0.25) is 0 Å². The van der Waals surface area contributed by atoms with Crippen LogP contribution in [0.5, 0.6) is 0 Å². The monoisotopic (exact) mass is 826 g/mol. The average Bonchev–Trinajstić information content (AvgIpc) is 3.67. The van der Waals surface area contributed by atoms with Crippen molar-refractivity contribution in [2.75, 3.05) is 74.1 Å². The van der Waals surface area contributed by atoms with E-state index in [1.807, 2.05) is 74.8 Å². The number of hydrogen-bond donors (Lipinski definition) is 2. The molecule has 15 heteroatoms. The Morgan fingerprint density at radius 1 is 0.947 bits per heavy atom. The highest BCUT2D eigenvalue weighted by Crippen LogP contribution is 2.36. The molecule has 0 bridgehead atoms. The number of nitrogens with zero attached hydrogens (tertiary/aromatic N) is 6. The van der Waals surface area contributed by atoms with E-state index in [2.05, 4.69) is 46.8 Å². The fourth-order valence-corrected chi connectivity index (χ4v) is 9.59. The molecule has 1 fully saturated rings. The first kappa shape index (κ1) is 40.5. The molecule has 0 spiro atoms. The van der Waals surface area contributed by atoms with Crippen molar-refractivity contribution in [1.82, 2.24) is 19.8 Å². The Morgan fingerprint density at radius 3 is 2.46 bits per heavy atom. The summed E-state index contributed by atoms with van der Waals surface area (Å²) in [5.74, 6) is 0.768. The minimum Gasteiger partial charge on any atom is -0.376 e. The number of anilines is 3. The molecule has 1 unspecified atom stereocenters. The molecule has 7 rings (SSSR count). The predicted molar refractivity (Wildman–Crippen MR) is 232 cm³/mol. The van der Waals surface area contributed by atoms with Gasteiger partial charge in [-0.2, -0.15) is 0 Å².